The molecule has 200 valence electrons. The number of rotatable bonds is 7. The zero-order valence-corrected chi connectivity index (χ0v) is 22.3. The van der Waals surface area contributed by atoms with Gasteiger partial charge in [-0.2, -0.15) is 0 Å². The van der Waals surface area contributed by atoms with Gasteiger partial charge >= 0.3 is 0 Å². The fraction of sp³-hybridized carbons (Fsp3) is 0.188. The number of hydrogen-bond donors (Lipinski definition) is 3. The van der Waals surface area contributed by atoms with Crippen LogP contribution in [-0.4, -0.2) is 56.6 Å². The molecular weight excluding hydrogens is 498 g/mol. The Bertz CT molecular complexity index is 1610. The van der Waals surface area contributed by atoms with Gasteiger partial charge in [0.15, 0.2) is 5.82 Å². The Labute approximate surface area is 233 Å². The van der Waals surface area contributed by atoms with Gasteiger partial charge in [0.25, 0.3) is 0 Å². The number of aromatic hydroxyl groups is 1. The summed E-state index contributed by atoms with van der Waals surface area (Å²) < 4.78 is 0. The summed E-state index contributed by atoms with van der Waals surface area (Å²) in [5.41, 5.74) is 6.67. The van der Waals surface area contributed by atoms with Gasteiger partial charge in [-0.1, -0.05) is 36.4 Å². The lowest BCUT2D eigenvalue weighted by atomic mass is 9.98. The minimum atomic E-state index is 0.232. The molecule has 1 saturated heterocycles. The second-order valence-electron chi connectivity index (χ2n) is 10.1. The van der Waals surface area contributed by atoms with E-state index in [2.05, 4.69) is 62.9 Å². The number of piperazine rings is 1. The Morgan fingerprint density at radius 1 is 0.900 bits per heavy atom. The lowest BCUT2D eigenvalue weighted by Gasteiger charge is -2.31. The van der Waals surface area contributed by atoms with Gasteiger partial charge in [-0.05, 0) is 60.1 Å². The van der Waals surface area contributed by atoms with Crippen LogP contribution < -0.4 is 10.6 Å². The molecule has 0 spiro atoms. The van der Waals surface area contributed by atoms with Crippen molar-refractivity contribution in [2.24, 2.45) is 0 Å². The summed E-state index contributed by atoms with van der Waals surface area (Å²) >= 11 is 0. The van der Waals surface area contributed by atoms with E-state index in [4.69, 9.17) is 9.97 Å². The number of aromatic nitrogens is 4. The van der Waals surface area contributed by atoms with E-state index < -0.39 is 0 Å². The molecule has 2 aromatic carbocycles. The van der Waals surface area contributed by atoms with Crippen molar-refractivity contribution in [3.63, 3.8) is 0 Å². The predicted octanol–water partition coefficient (Wildman–Crippen LogP) is 5.16. The standard InChI is InChI=1S/C32H31N7O/c1-39-13-12-35-30(21-39)24-8-5-7-23(15-24)25-16-26(20-33-19-25)29-17-31(36-18-22-6-4-9-27(40)14-22)38-32(37-29)28-10-2-3-11-34-28/h2-11,14-17,19-20,30,35,40H,12-13,18,21H2,1H3,(H,36,37,38). The van der Waals surface area contributed by atoms with Gasteiger partial charge in [0, 0.05) is 68.0 Å². The molecule has 0 saturated carbocycles. The molecule has 1 atom stereocenters. The van der Waals surface area contributed by atoms with Crippen LogP contribution in [0.5, 0.6) is 5.75 Å². The average molecular weight is 530 g/mol. The van der Waals surface area contributed by atoms with E-state index in [1.54, 1.807) is 18.3 Å². The number of anilines is 1. The third kappa shape index (κ3) is 5.98. The molecule has 1 aliphatic heterocycles. The molecule has 4 heterocycles. The van der Waals surface area contributed by atoms with E-state index in [1.165, 1.54) is 5.56 Å². The zero-order chi connectivity index (χ0) is 27.3. The van der Waals surface area contributed by atoms with Crippen molar-refractivity contribution in [1.29, 1.82) is 0 Å². The number of nitrogens with one attached hydrogen (secondary N) is 2. The molecule has 8 nitrogen and oxygen atoms in total. The predicted molar refractivity (Wildman–Crippen MR) is 158 cm³/mol. The number of phenols is 1. The van der Waals surface area contributed by atoms with E-state index in [0.29, 0.717) is 29.9 Å². The van der Waals surface area contributed by atoms with Gasteiger partial charge in [-0.15, -0.1) is 0 Å². The van der Waals surface area contributed by atoms with Crippen LogP contribution in [0.4, 0.5) is 5.82 Å². The third-order valence-electron chi connectivity index (χ3n) is 7.04. The molecule has 0 amide bonds. The number of likely N-dealkylation sites (N-methyl/N-ethyl adjacent to an activating group) is 1. The molecule has 40 heavy (non-hydrogen) atoms. The number of benzene rings is 2. The highest BCUT2D eigenvalue weighted by Crippen LogP contribution is 2.29. The van der Waals surface area contributed by atoms with Gasteiger partial charge in [-0.25, -0.2) is 9.97 Å². The highest BCUT2D eigenvalue weighted by atomic mass is 16.3. The summed E-state index contributed by atoms with van der Waals surface area (Å²) in [6.45, 7) is 3.53. The maximum atomic E-state index is 9.84. The van der Waals surface area contributed by atoms with Crippen LogP contribution in [0.1, 0.15) is 17.2 Å². The molecule has 1 aliphatic rings. The lowest BCUT2D eigenvalue weighted by molar-refractivity contribution is 0.241. The van der Waals surface area contributed by atoms with Crippen LogP contribution in [0.3, 0.4) is 0 Å². The lowest BCUT2D eigenvalue weighted by Crippen LogP contribution is -2.43. The Balaban J connectivity index is 1.33. The van der Waals surface area contributed by atoms with Crippen molar-refractivity contribution in [1.82, 2.24) is 30.2 Å². The quantitative estimate of drug-likeness (QED) is 0.266. The van der Waals surface area contributed by atoms with E-state index >= 15 is 0 Å². The molecule has 8 heteroatoms. The van der Waals surface area contributed by atoms with E-state index in [9.17, 15) is 5.11 Å². The Hall–Kier alpha value is -4.66. The summed E-state index contributed by atoms with van der Waals surface area (Å²) in [5, 5.41) is 16.9. The number of phenolic OH excluding ortho intramolecular Hbond substituents is 1. The van der Waals surface area contributed by atoms with E-state index in [-0.39, 0.29) is 5.75 Å². The van der Waals surface area contributed by atoms with Crippen molar-refractivity contribution in [2.75, 3.05) is 32.0 Å². The number of nitrogens with zero attached hydrogens (tertiary/aromatic N) is 5. The van der Waals surface area contributed by atoms with Crippen LogP contribution in [0.2, 0.25) is 0 Å². The van der Waals surface area contributed by atoms with Crippen molar-refractivity contribution in [3.8, 4) is 39.7 Å². The fourth-order valence-corrected chi connectivity index (χ4v) is 4.95. The first-order valence-corrected chi connectivity index (χ1v) is 13.4. The van der Waals surface area contributed by atoms with Crippen molar-refractivity contribution < 1.29 is 5.11 Å². The first kappa shape index (κ1) is 25.6. The highest BCUT2D eigenvalue weighted by Gasteiger charge is 2.18. The second-order valence-corrected chi connectivity index (χ2v) is 10.1. The average Bonchev–Trinajstić information content (AvgIpc) is 3.00. The molecule has 6 rings (SSSR count). The Kier molecular flexibility index (Phi) is 7.43. The molecule has 3 aromatic heterocycles. The van der Waals surface area contributed by atoms with Crippen LogP contribution in [0.15, 0.2) is 97.5 Å². The molecule has 0 bridgehead atoms. The normalized spacial score (nSPS) is 15.6. The largest absolute Gasteiger partial charge is 0.508 e. The zero-order valence-electron chi connectivity index (χ0n) is 22.3. The monoisotopic (exact) mass is 529 g/mol. The summed E-state index contributed by atoms with van der Waals surface area (Å²) in [5.74, 6) is 1.42. The second kappa shape index (κ2) is 11.6. The number of pyridine rings is 2. The van der Waals surface area contributed by atoms with Crippen LogP contribution in [-0.2, 0) is 6.54 Å². The Morgan fingerprint density at radius 3 is 2.65 bits per heavy atom. The van der Waals surface area contributed by atoms with Crippen molar-refractivity contribution in [2.45, 2.75) is 12.6 Å². The highest BCUT2D eigenvalue weighted by molar-refractivity contribution is 5.72. The SMILES string of the molecule is CN1CCNC(c2cccc(-c3cncc(-c4cc(NCc5cccc(O)c5)nc(-c5ccccn5)n4)c3)c2)C1. The first-order chi connectivity index (χ1) is 19.6. The molecule has 1 fully saturated rings. The van der Waals surface area contributed by atoms with Crippen LogP contribution >= 0.6 is 0 Å². The van der Waals surface area contributed by atoms with Gasteiger partial charge in [-0.3, -0.25) is 9.97 Å². The maximum absolute atomic E-state index is 9.84. The summed E-state index contributed by atoms with van der Waals surface area (Å²) in [4.78, 5) is 21.0. The smallest absolute Gasteiger partial charge is 0.180 e. The Morgan fingerprint density at radius 2 is 1.80 bits per heavy atom. The molecule has 3 N–H and O–H groups in total. The minimum Gasteiger partial charge on any atom is -0.508 e. The molecule has 0 radical (unpaired) electrons. The van der Waals surface area contributed by atoms with Crippen molar-refractivity contribution >= 4 is 5.82 Å². The summed E-state index contributed by atoms with van der Waals surface area (Å²) in [6.07, 6.45) is 5.46. The number of hydrogen-bond acceptors (Lipinski definition) is 8. The van der Waals surface area contributed by atoms with E-state index in [0.717, 1.165) is 47.6 Å². The van der Waals surface area contributed by atoms with Gasteiger partial charge in [0.05, 0.1) is 5.69 Å². The minimum absolute atomic E-state index is 0.232. The van der Waals surface area contributed by atoms with Gasteiger partial charge in [0.1, 0.15) is 17.3 Å². The van der Waals surface area contributed by atoms with Crippen LogP contribution in [0.25, 0.3) is 33.9 Å². The summed E-state index contributed by atoms with van der Waals surface area (Å²) in [7, 11) is 2.17. The van der Waals surface area contributed by atoms with Crippen molar-refractivity contribution in [3.05, 3.63) is 109 Å². The fourth-order valence-electron chi connectivity index (χ4n) is 4.95. The molecule has 0 aliphatic carbocycles. The van der Waals surface area contributed by atoms with Gasteiger partial charge in [0.2, 0.25) is 0 Å². The van der Waals surface area contributed by atoms with Crippen LogP contribution in [0, 0.1) is 0 Å². The molecule has 5 aromatic rings. The van der Waals surface area contributed by atoms with Gasteiger partial charge < -0.3 is 20.6 Å². The van der Waals surface area contributed by atoms with E-state index in [1.807, 2.05) is 48.8 Å². The summed E-state index contributed by atoms with van der Waals surface area (Å²) in [6, 6.07) is 25.9. The first-order valence-electron chi connectivity index (χ1n) is 13.4. The maximum Gasteiger partial charge on any atom is 0.180 e. The topological polar surface area (TPSA) is 99.1 Å². The third-order valence-corrected chi connectivity index (χ3v) is 7.04. The molecular formula is C32H31N7O. The molecule has 1 unspecified atom stereocenters.